The van der Waals surface area contributed by atoms with Crippen molar-refractivity contribution in [3.8, 4) is 5.75 Å². The molecule has 3 rings (SSSR count). The molecule has 1 aromatic heterocycles. The standard InChI is InChI=1S/C20H22N2O2S/c1-13-9-10-16(14(11-13)20(2,3)4)24-12-18(23)22-19-21-15-7-5-6-8-17(15)25-19/h5-11H,12H2,1-4H3,(H,21,22,23). The third-order valence-electron chi connectivity index (χ3n) is 3.84. The number of rotatable bonds is 4. The number of hydrogen-bond donors (Lipinski definition) is 1. The molecule has 1 amide bonds. The van der Waals surface area contributed by atoms with E-state index in [1.165, 1.54) is 16.9 Å². The van der Waals surface area contributed by atoms with Gasteiger partial charge in [0.15, 0.2) is 11.7 Å². The largest absolute Gasteiger partial charge is 0.483 e. The molecule has 2 aromatic carbocycles. The Morgan fingerprint density at radius 2 is 1.96 bits per heavy atom. The molecule has 1 N–H and O–H groups in total. The molecule has 0 unspecified atom stereocenters. The molecule has 25 heavy (non-hydrogen) atoms. The molecule has 0 aliphatic carbocycles. The summed E-state index contributed by atoms with van der Waals surface area (Å²) in [5, 5.41) is 3.41. The van der Waals surface area contributed by atoms with Crippen LogP contribution in [0.1, 0.15) is 31.9 Å². The van der Waals surface area contributed by atoms with E-state index in [9.17, 15) is 4.79 Å². The van der Waals surface area contributed by atoms with Crippen LogP contribution in [0.25, 0.3) is 10.2 Å². The number of thiazole rings is 1. The Labute approximate surface area is 151 Å². The van der Waals surface area contributed by atoms with Crippen molar-refractivity contribution in [3.63, 3.8) is 0 Å². The van der Waals surface area contributed by atoms with E-state index in [1.54, 1.807) is 0 Å². The zero-order valence-electron chi connectivity index (χ0n) is 14.9. The Morgan fingerprint density at radius 3 is 2.68 bits per heavy atom. The minimum Gasteiger partial charge on any atom is -0.483 e. The van der Waals surface area contributed by atoms with E-state index in [0.717, 1.165) is 21.5 Å². The molecule has 0 spiro atoms. The van der Waals surface area contributed by atoms with Gasteiger partial charge in [0, 0.05) is 0 Å². The lowest BCUT2D eigenvalue weighted by atomic mass is 9.85. The van der Waals surface area contributed by atoms with Gasteiger partial charge in [-0.05, 0) is 36.1 Å². The lowest BCUT2D eigenvalue weighted by molar-refractivity contribution is -0.118. The summed E-state index contributed by atoms with van der Waals surface area (Å²) >= 11 is 1.46. The SMILES string of the molecule is Cc1ccc(OCC(=O)Nc2nc3ccccc3s2)c(C(C)(C)C)c1. The first-order valence-electron chi connectivity index (χ1n) is 8.22. The van der Waals surface area contributed by atoms with Crippen LogP contribution in [0, 0.1) is 6.92 Å². The minimum absolute atomic E-state index is 0.0396. The third-order valence-corrected chi connectivity index (χ3v) is 4.79. The summed E-state index contributed by atoms with van der Waals surface area (Å²) in [4.78, 5) is 16.6. The number of aryl methyl sites for hydroxylation is 1. The number of amides is 1. The number of ether oxygens (including phenoxy) is 1. The van der Waals surface area contributed by atoms with E-state index in [1.807, 2.05) is 36.4 Å². The molecule has 0 aliphatic rings. The van der Waals surface area contributed by atoms with E-state index in [4.69, 9.17) is 4.74 Å². The topological polar surface area (TPSA) is 51.2 Å². The van der Waals surface area contributed by atoms with Crippen LogP contribution in [0.3, 0.4) is 0 Å². The van der Waals surface area contributed by atoms with Gasteiger partial charge < -0.3 is 4.74 Å². The summed E-state index contributed by atoms with van der Waals surface area (Å²) in [6, 6.07) is 13.8. The Kier molecular flexibility index (Phi) is 4.77. The molecule has 3 aromatic rings. The highest BCUT2D eigenvalue weighted by Crippen LogP contribution is 2.32. The molecule has 5 heteroatoms. The Balaban J connectivity index is 1.68. The third kappa shape index (κ3) is 4.17. The van der Waals surface area contributed by atoms with Crippen molar-refractivity contribution >= 4 is 32.6 Å². The van der Waals surface area contributed by atoms with Gasteiger partial charge in [-0.3, -0.25) is 10.1 Å². The lowest BCUT2D eigenvalue weighted by Crippen LogP contribution is -2.22. The van der Waals surface area contributed by atoms with Crippen molar-refractivity contribution in [2.75, 3.05) is 11.9 Å². The molecule has 0 saturated carbocycles. The average molecular weight is 354 g/mol. The number of carbonyl (C=O) groups is 1. The van der Waals surface area contributed by atoms with Crippen LogP contribution in [0.15, 0.2) is 42.5 Å². The predicted octanol–water partition coefficient (Wildman–Crippen LogP) is 4.92. The first kappa shape index (κ1) is 17.4. The maximum Gasteiger partial charge on any atom is 0.264 e. The molecule has 0 radical (unpaired) electrons. The van der Waals surface area contributed by atoms with Gasteiger partial charge in [0.2, 0.25) is 0 Å². The van der Waals surface area contributed by atoms with Crippen molar-refractivity contribution in [3.05, 3.63) is 53.6 Å². The van der Waals surface area contributed by atoms with Crippen LogP contribution < -0.4 is 10.1 Å². The zero-order valence-corrected chi connectivity index (χ0v) is 15.7. The van der Waals surface area contributed by atoms with Crippen LogP contribution in [-0.4, -0.2) is 17.5 Å². The summed E-state index contributed by atoms with van der Waals surface area (Å²) in [6.07, 6.45) is 0. The van der Waals surface area contributed by atoms with Gasteiger partial charge in [-0.2, -0.15) is 0 Å². The van der Waals surface area contributed by atoms with Gasteiger partial charge in [0.05, 0.1) is 10.2 Å². The molecule has 1 heterocycles. The molecule has 0 saturated heterocycles. The average Bonchev–Trinajstić information content (AvgIpc) is 2.95. The highest BCUT2D eigenvalue weighted by molar-refractivity contribution is 7.22. The zero-order chi connectivity index (χ0) is 18.0. The Bertz CT molecular complexity index is 876. The first-order valence-corrected chi connectivity index (χ1v) is 9.04. The van der Waals surface area contributed by atoms with Crippen molar-refractivity contribution in [2.45, 2.75) is 33.1 Å². The van der Waals surface area contributed by atoms with Gasteiger partial charge >= 0.3 is 0 Å². The monoisotopic (exact) mass is 354 g/mol. The molecule has 130 valence electrons. The fourth-order valence-corrected chi connectivity index (χ4v) is 3.46. The van der Waals surface area contributed by atoms with E-state index < -0.39 is 0 Å². The van der Waals surface area contributed by atoms with Crippen molar-refractivity contribution in [1.29, 1.82) is 0 Å². The van der Waals surface area contributed by atoms with E-state index in [-0.39, 0.29) is 17.9 Å². The second-order valence-electron chi connectivity index (χ2n) is 7.07. The summed E-state index contributed by atoms with van der Waals surface area (Å²) in [5.74, 6) is 0.539. The number of fused-ring (bicyclic) bond motifs is 1. The van der Waals surface area contributed by atoms with E-state index >= 15 is 0 Å². The number of carbonyl (C=O) groups excluding carboxylic acids is 1. The number of para-hydroxylation sites is 1. The summed E-state index contributed by atoms with van der Waals surface area (Å²) in [7, 11) is 0. The molecular weight excluding hydrogens is 332 g/mol. The van der Waals surface area contributed by atoms with Crippen LogP contribution in [0.4, 0.5) is 5.13 Å². The predicted molar refractivity (Wildman–Crippen MR) is 104 cm³/mol. The van der Waals surface area contributed by atoms with Gasteiger partial charge in [0.1, 0.15) is 5.75 Å². The second-order valence-corrected chi connectivity index (χ2v) is 8.10. The first-order chi connectivity index (χ1) is 11.8. The van der Waals surface area contributed by atoms with Crippen LogP contribution in [-0.2, 0) is 10.2 Å². The molecule has 0 bridgehead atoms. The van der Waals surface area contributed by atoms with E-state index in [2.05, 4.69) is 44.1 Å². The second kappa shape index (κ2) is 6.84. The number of hydrogen-bond acceptors (Lipinski definition) is 4. The maximum absolute atomic E-state index is 12.2. The Hall–Kier alpha value is -2.40. The fraction of sp³-hybridized carbons (Fsp3) is 0.300. The number of nitrogens with zero attached hydrogens (tertiary/aromatic N) is 1. The molecule has 0 aliphatic heterocycles. The van der Waals surface area contributed by atoms with E-state index in [0.29, 0.717) is 5.13 Å². The fourth-order valence-electron chi connectivity index (χ4n) is 2.58. The Morgan fingerprint density at radius 1 is 1.20 bits per heavy atom. The quantitative estimate of drug-likeness (QED) is 0.723. The van der Waals surface area contributed by atoms with Crippen molar-refractivity contribution in [2.24, 2.45) is 0 Å². The molecule has 0 atom stereocenters. The smallest absolute Gasteiger partial charge is 0.264 e. The highest BCUT2D eigenvalue weighted by atomic mass is 32.1. The number of anilines is 1. The molecule has 0 fully saturated rings. The maximum atomic E-state index is 12.2. The summed E-state index contributed by atoms with van der Waals surface area (Å²) < 4.78 is 6.84. The van der Waals surface area contributed by atoms with Crippen LogP contribution >= 0.6 is 11.3 Å². The number of aromatic nitrogens is 1. The lowest BCUT2D eigenvalue weighted by Gasteiger charge is -2.23. The highest BCUT2D eigenvalue weighted by Gasteiger charge is 2.20. The minimum atomic E-state index is -0.209. The van der Waals surface area contributed by atoms with Gasteiger partial charge in [-0.25, -0.2) is 4.98 Å². The number of benzene rings is 2. The van der Waals surface area contributed by atoms with Crippen LogP contribution in [0.5, 0.6) is 5.75 Å². The van der Waals surface area contributed by atoms with Gasteiger partial charge in [-0.1, -0.05) is 61.9 Å². The van der Waals surface area contributed by atoms with Crippen molar-refractivity contribution < 1.29 is 9.53 Å². The molecule has 4 nitrogen and oxygen atoms in total. The summed E-state index contributed by atoms with van der Waals surface area (Å²) in [5.41, 5.74) is 3.11. The van der Waals surface area contributed by atoms with Gasteiger partial charge in [-0.15, -0.1) is 0 Å². The van der Waals surface area contributed by atoms with Crippen molar-refractivity contribution in [1.82, 2.24) is 4.98 Å². The normalized spacial score (nSPS) is 11.5. The molecular formula is C20H22N2O2S. The van der Waals surface area contributed by atoms with Gasteiger partial charge in [0.25, 0.3) is 5.91 Å². The summed E-state index contributed by atoms with van der Waals surface area (Å²) in [6.45, 7) is 8.42. The van der Waals surface area contributed by atoms with Crippen LogP contribution in [0.2, 0.25) is 0 Å². The number of nitrogens with one attached hydrogen (secondary N) is 1.